The summed E-state index contributed by atoms with van der Waals surface area (Å²) in [5.74, 6) is -0.148. The van der Waals surface area contributed by atoms with Crippen LogP contribution in [0.2, 0.25) is 0 Å². The van der Waals surface area contributed by atoms with Crippen molar-refractivity contribution in [2.75, 3.05) is 0 Å². The first-order valence-corrected chi connectivity index (χ1v) is 5.07. The Morgan fingerprint density at radius 1 is 1.43 bits per heavy atom. The van der Waals surface area contributed by atoms with E-state index in [4.69, 9.17) is 0 Å². The first-order chi connectivity index (χ1) is 6.61. The Labute approximate surface area is 83.6 Å². The van der Waals surface area contributed by atoms with Crippen LogP contribution in [0.3, 0.4) is 0 Å². The number of rotatable bonds is 3. The molecule has 14 heavy (non-hydrogen) atoms. The van der Waals surface area contributed by atoms with Crippen LogP contribution >= 0.6 is 0 Å². The summed E-state index contributed by atoms with van der Waals surface area (Å²) < 4.78 is 13.2. The maximum atomic E-state index is 13.2. The lowest BCUT2D eigenvalue weighted by molar-refractivity contribution is 0.140. The van der Waals surface area contributed by atoms with Crippen molar-refractivity contribution < 1.29 is 9.50 Å². The Bertz CT molecular complexity index is 342. The third kappa shape index (κ3) is 1.95. The molecule has 1 nitrogen and oxygen atoms in total. The predicted octanol–water partition coefficient (Wildman–Crippen LogP) is 2.59. The van der Waals surface area contributed by atoms with Crippen molar-refractivity contribution in [2.45, 2.75) is 38.2 Å². The molecule has 0 bridgehead atoms. The van der Waals surface area contributed by atoms with Crippen LogP contribution in [0.25, 0.3) is 0 Å². The summed E-state index contributed by atoms with van der Waals surface area (Å²) >= 11 is 0. The van der Waals surface area contributed by atoms with Gasteiger partial charge in [0.05, 0.1) is 5.60 Å². The maximum Gasteiger partial charge on any atom is 0.126 e. The number of halogens is 1. The highest BCUT2D eigenvalue weighted by Gasteiger charge is 2.39. The molecule has 0 radical (unpaired) electrons. The van der Waals surface area contributed by atoms with Crippen LogP contribution in [0, 0.1) is 12.7 Å². The van der Waals surface area contributed by atoms with E-state index in [1.54, 1.807) is 13.0 Å². The topological polar surface area (TPSA) is 20.2 Å². The fourth-order valence-electron chi connectivity index (χ4n) is 1.68. The van der Waals surface area contributed by atoms with Gasteiger partial charge in [-0.25, -0.2) is 4.39 Å². The summed E-state index contributed by atoms with van der Waals surface area (Å²) in [6, 6.07) is 5.14. The minimum absolute atomic E-state index is 0.148. The van der Waals surface area contributed by atoms with E-state index >= 15 is 0 Å². The third-order valence-corrected chi connectivity index (χ3v) is 3.07. The average Bonchev–Trinajstić information content (AvgIpc) is 2.88. The zero-order valence-corrected chi connectivity index (χ0v) is 8.39. The maximum absolute atomic E-state index is 13.2. The van der Waals surface area contributed by atoms with Gasteiger partial charge < -0.3 is 5.11 Å². The summed E-state index contributed by atoms with van der Waals surface area (Å²) in [6.45, 7) is 1.79. The predicted molar refractivity (Wildman–Crippen MR) is 53.6 cm³/mol. The zero-order chi connectivity index (χ0) is 10.2. The molecule has 1 aromatic carbocycles. The number of aliphatic hydroxyl groups is 1. The summed E-state index contributed by atoms with van der Waals surface area (Å²) in [7, 11) is 0. The molecule has 1 N–H and O–H groups in total. The standard InChI is InChI=1S/C12H15FO/c1-9-10(3-2-4-11(9)13)5-6-12(14)7-8-12/h2-4,14H,5-8H2,1H3. The molecule has 2 rings (SSSR count). The zero-order valence-electron chi connectivity index (χ0n) is 8.39. The Morgan fingerprint density at radius 3 is 2.79 bits per heavy atom. The van der Waals surface area contributed by atoms with Crippen LogP contribution in [0.1, 0.15) is 30.4 Å². The number of aryl methyl sites for hydroxylation is 1. The molecular weight excluding hydrogens is 179 g/mol. The van der Waals surface area contributed by atoms with Gasteiger partial charge in [-0.1, -0.05) is 12.1 Å². The molecule has 0 spiro atoms. The Kier molecular flexibility index (Phi) is 2.31. The minimum Gasteiger partial charge on any atom is -0.390 e. The van der Waals surface area contributed by atoms with Crippen molar-refractivity contribution in [3.8, 4) is 0 Å². The highest BCUT2D eigenvalue weighted by molar-refractivity contribution is 5.27. The van der Waals surface area contributed by atoms with E-state index in [1.165, 1.54) is 6.07 Å². The van der Waals surface area contributed by atoms with E-state index in [2.05, 4.69) is 0 Å². The van der Waals surface area contributed by atoms with Gasteiger partial charge in [0.15, 0.2) is 0 Å². The first-order valence-electron chi connectivity index (χ1n) is 5.07. The highest BCUT2D eigenvalue weighted by Crippen LogP contribution is 2.39. The van der Waals surface area contributed by atoms with Crippen LogP contribution < -0.4 is 0 Å². The Hall–Kier alpha value is -0.890. The molecule has 0 heterocycles. The van der Waals surface area contributed by atoms with Gasteiger partial charge in [0.2, 0.25) is 0 Å². The highest BCUT2D eigenvalue weighted by atomic mass is 19.1. The molecule has 1 fully saturated rings. The molecule has 0 unspecified atom stereocenters. The lowest BCUT2D eigenvalue weighted by Gasteiger charge is -2.09. The van der Waals surface area contributed by atoms with Gasteiger partial charge in [0.1, 0.15) is 5.82 Å². The van der Waals surface area contributed by atoms with Gasteiger partial charge in [0.25, 0.3) is 0 Å². The second-order valence-corrected chi connectivity index (χ2v) is 4.25. The Morgan fingerprint density at radius 2 is 2.14 bits per heavy atom. The molecule has 0 amide bonds. The molecule has 1 aromatic rings. The van der Waals surface area contributed by atoms with Gasteiger partial charge >= 0.3 is 0 Å². The van der Waals surface area contributed by atoms with Gasteiger partial charge in [-0.2, -0.15) is 0 Å². The molecule has 2 heteroatoms. The molecule has 0 saturated heterocycles. The van der Waals surface area contributed by atoms with Gasteiger partial charge in [0, 0.05) is 0 Å². The van der Waals surface area contributed by atoms with Crippen molar-refractivity contribution in [3.05, 3.63) is 35.1 Å². The summed E-state index contributed by atoms with van der Waals surface area (Å²) in [4.78, 5) is 0. The summed E-state index contributed by atoms with van der Waals surface area (Å²) in [6.07, 6.45) is 3.35. The molecule has 1 saturated carbocycles. The van der Waals surface area contributed by atoms with E-state index in [0.29, 0.717) is 0 Å². The fourth-order valence-corrected chi connectivity index (χ4v) is 1.68. The van der Waals surface area contributed by atoms with Crippen LogP contribution in [0.5, 0.6) is 0 Å². The van der Waals surface area contributed by atoms with Crippen LogP contribution in [0.15, 0.2) is 18.2 Å². The van der Waals surface area contributed by atoms with E-state index in [0.717, 1.165) is 36.8 Å². The number of hydrogen-bond donors (Lipinski definition) is 1. The van der Waals surface area contributed by atoms with Crippen molar-refractivity contribution in [1.29, 1.82) is 0 Å². The van der Waals surface area contributed by atoms with E-state index in [-0.39, 0.29) is 5.82 Å². The van der Waals surface area contributed by atoms with Crippen LogP contribution in [-0.4, -0.2) is 10.7 Å². The van der Waals surface area contributed by atoms with Gasteiger partial charge in [-0.15, -0.1) is 0 Å². The number of hydrogen-bond acceptors (Lipinski definition) is 1. The third-order valence-electron chi connectivity index (χ3n) is 3.07. The van der Waals surface area contributed by atoms with Crippen molar-refractivity contribution in [1.82, 2.24) is 0 Å². The lowest BCUT2D eigenvalue weighted by atomic mass is 10.0. The van der Waals surface area contributed by atoms with Gasteiger partial charge in [-0.05, 0) is 49.8 Å². The normalized spacial score (nSPS) is 18.2. The van der Waals surface area contributed by atoms with Crippen molar-refractivity contribution >= 4 is 0 Å². The molecule has 0 atom stereocenters. The van der Waals surface area contributed by atoms with Crippen molar-refractivity contribution in [2.24, 2.45) is 0 Å². The first kappa shape index (κ1) is 9.66. The number of benzene rings is 1. The van der Waals surface area contributed by atoms with Crippen LogP contribution in [-0.2, 0) is 6.42 Å². The average molecular weight is 194 g/mol. The largest absolute Gasteiger partial charge is 0.390 e. The second-order valence-electron chi connectivity index (χ2n) is 4.25. The molecule has 1 aliphatic rings. The molecule has 0 aromatic heterocycles. The van der Waals surface area contributed by atoms with Crippen LogP contribution in [0.4, 0.5) is 4.39 Å². The molecule has 76 valence electrons. The molecular formula is C12H15FO. The smallest absolute Gasteiger partial charge is 0.126 e. The SMILES string of the molecule is Cc1c(F)cccc1CCC1(O)CC1. The summed E-state index contributed by atoms with van der Waals surface area (Å²) in [5.41, 5.74) is 1.31. The van der Waals surface area contributed by atoms with E-state index in [9.17, 15) is 9.50 Å². The lowest BCUT2D eigenvalue weighted by Crippen LogP contribution is -2.08. The van der Waals surface area contributed by atoms with E-state index in [1.807, 2.05) is 6.07 Å². The quantitative estimate of drug-likeness (QED) is 0.784. The summed E-state index contributed by atoms with van der Waals surface area (Å²) in [5, 5.41) is 9.66. The molecule has 1 aliphatic carbocycles. The van der Waals surface area contributed by atoms with Gasteiger partial charge in [-0.3, -0.25) is 0 Å². The minimum atomic E-state index is -0.432. The Balaban J connectivity index is 2.05. The monoisotopic (exact) mass is 194 g/mol. The fraction of sp³-hybridized carbons (Fsp3) is 0.500. The van der Waals surface area contributed by atoms with Crippen molar-refractivity contribution in [3.63, 3.8) is 0 Å². The second kappa shape index (κ2) is 3.35. The molecule has 0 aliphatic heterocycles. The van der Waals surface area contributed by atoms with E-state index < -0.39 is 5.60 Å².